The van der Waals surface area contributed by atoms with Crippen molar-refractivity contribution in [3.63, 3.8) is 0 Å². The molecule has 0 fully saturated rings. The molecule has 0 N–H and O–H groups in total. The van der Waals surface area contributed by atoms with Crippen molar-refractivity contribution in [2.24, 2.45) is 0 Å². The van der Waals surface area contributed by atoms with E-state index >= 15 is 0 Å². The van der Waals surface area contributed by atoms with Gasteiger partial charge < -0.3 is 0 Å². The second-order valence-electron chi connectivity index (χ2n) is 2.50. The highest BCUT2D eigenvalue weighted by atomic mass is 13.1. The van der Waals surface area contributed by atoms with E-state index in [9.17, 15) is 0 Å². The van der Waals surface area contributed by atoms with E-state index < -0.39 is 0 Å². The Morgan fingerprint density at radius 1 is 0.750 bits per heavy atom. The van der Waals surface area contributed by atoms with Crippen molar-refractivity contribution in [2.45, 2.75) is 0 Å². The summed E-state index contributed by atoms with van der Waals surface area (Å²) < 4.78 is 0. The lowest BCUT2D eigenvalue weighted by molar-refractivity contribution is 3.51. The summed E-state index contributed by atoms with van der Waals surface area (Å²) in [5.74, 6) is 0. The predicted octanol–water partition coefficient (Wildman–Crippen LogP) is -4.57. The van der Waals surface area contributed by atoms with Crippen LogP contribution < -0.4 is 0 Å². The van der Waals surface area contributed by atoms with Crippen LogP contribution in [0.1, 0.15) is 0 Å². The van der Waals surface area contributed by atoms with Gasteiger partial charge in [0.2, 0.25) is 0 Å². The lowest BCUT2D eigenvalue weighted by Crippen LogP contribution is -2.62. The van der Waals surface area contributed by atoms with Crippen LogP contribution in [0.5, 0.6) is 0 Å². The lowest BCUT2D eigenvalue weighted by Gasteiger charge is -2.24. The molecule has 0 unspecified atom stereocenters. The SMILES string of the molecule is [B][B]B([B])B([B][B])B([B][B])[B][B]. The summed E-state index contributed by atoms with van der Waals surface area (Å²) in [5, 5.41) is 0. The Morgan fingerprint density at radius 2 is 1.25 bits per heavy atom. The van der Waals surface area contributed by atoms with E-state index in [0.29, 0.717) is 0 Å². The molecule has 36 valence electrons. The smallest absolute Gasteiger partial charge is 0 e. The molecule has 0 bridgehead atoms. The van der Waals surface area contributed by atoms with E-state index in [2.05, 4.69) is 0 Å². The Morgan fingerprint density at radius 3 is 1.50 bits per heavy atom. The fourth-order valence-electron chi connectivity index (χ4n) is 0.962. The van der Waals surface area contributed by atoms with Crippen LogP contribution in [-0.4, -0.2) is 86.1 Å². The molecule has 0 nitrogen and oxygen atoms in total. The van der Waals surface area contributed by atoms with E-state index in [1.807, 2.05) is 0 Å². The molecule has 0 amide bonds. The minimum atomic E-state index is -0.334. The van der Waals surface area contributed by atoms with Crippen LogP contribution in [0, 0.1) is 0 Å². The van der Waals surface area contributed by atoms with Crippen LogP contribution in [0.15, 0.2) is 0 Å². The van der Waals surface area contributed by atoms with Crippen molar-refractivity contribution in [3.05, 3.63) is 0 Å². The van der Waals surface area contributed by atoms with Gasteiger partial charge >= 0.3 is 0 Å². The first-order chi connectivity index (χ1) is 5.71. The Bertz CT molecular complexity index is 92.2. The Hall–Kier alpha value is 0.779. The first-order valence-electron chi connectivity index (χ1n) is 3.67. The summed E-state index contributed by atoms with van der Waals surface area (Å²) in [5.41, 5.74) is 0. The predicted molar refractivity (Wildman–Crippen MR) is 69.0 cm³/mol. The molecule has 0 aliphatic heterocycles. The number of hydrogen-bond donors (Lipinski definition) is 0. The minimum absolute atomic E-state index is 0.148. The molecule has 0 saturated heterocycles. The van der Waals surface area contributed by atoms with Crippen molar-refractivity contribution in [1.29, 1.82) is 0 Å². The van der Waals surface area contributed by atoms with Crippen molar-refractivity contribution >= 4 is 86.1 Å². The molecule has 0 rings (SSSR count). The van der Waals surface area contributed by atoms with Crippen LogP contribution in [0.2, 0.25) is 0 Å². The molecule has 0 saturated carbocycles. The summed E-state index contributed by atoms with van der Waals surface area (Å²) in [6.45, 7) is 0. The molecule has 12 heteroatoms. The summed E-state index contributed by atoms with van der Waals surface area (Å²) in [4.78, 5) is 0. The maximum Gasteiger partial charge on any atom is 0 e. The van der Waals surface area contributed by atoms with Gasteiger partial charge in [0.1, 0.15) is 0 Å². The molecule has 0 atom stereocenters. The second kappa shape index (κ2) is 7.21. The van der Waals surface area contributed by atoms with Crippen molar-refractivity contribution in [1.82, 2.24) is 0 Å². The van der Waals surface area contributed by atoms with Gasteiger partial charge in [0, 0.05) is 86.1 Å². The molecule has 12 heavy (non-hydrogen) atoms. The quantitative estimate of drug-likeness (QED) is 0.317. The van der Waals surface area contributed by atoms with E-state index in [-0.39, 0.29) is 19.2 Å². The van der Waals surface area contributed by atoms with Crippen LogP contribution in [0.4, 0.5) is 0 Å². The molecular formula is B12. The van der Waals surface area contributed by atoms with Crippen molar-refractivity contribution < 1.29 is 0 Å². The standard InChI is InChI=1S/B12/c1-6-10(5)12(9-4)11(7-2)8-3. The summed E-state index contributed by atoms with van der Waals surface area (Å²) in [7, 11) is 32.6. The fourth-order valence-corrected chi connectivity index (χ4v) is 0.962. The first-order valence-corrected chi connectivity index (χ1v) is 3.67. The summed E-state index contributed by atoms with van der Waals surface area (Å²) >= 11 is 0. The largest absolute Gasteiger partial charge is 0 e. The van der Waals surface area contributed by atoms with E-state index in [0.717, 1.165) is 0 Å². The summed E-state index contributed by atoms with van der Waals surface area (Å²) in [6, 6.07) is 0. The second-order valence-corrected chi connectivity index (χ2v) is 2.50. The average Bonchev–Trinajstić information content (AvgIpc) is 2.12. The van der Waals surface area contributed by atoms with Crippen LogP contribution in [0.25, 0.3) is 0 Å². The zero-order chi connectivity index (χ0) is 9.56. The number of hydrogen-bond acceptors (Lipinski definition) is 0. The third kappa shape index (κ3) is 3.66. The van der Waals surface area contributed by atoms with Crippen molar-refractivity contribution in [2.75, 3.05) is 0 Å². The molecule has 0 aliphatic rings. The Kier molecular flexibility index (Phi) is 7.68. The fraction of sp³-hybridized carbons (Fsp3) is 0. The van der Waals surface area contributed by atoms with Gasteiger partial charge in [0.25, 0.3) is 0 Å². The molecule has 0 aromatic carbocycles. The van der Waals surface area contributed by atoms with Gasteiger partial charge in [-0.15, -0.1) is 0 Å². The normalized spacial score (nSPS) is 8.00. The third-order valence-corrected chi connectivity index (χ3v) is 1.78. The van der Waals surface area contributed by atoms with Gasteiger partial charge in [-0.3, -0.25) is 0 Å². The highest BCUT2D eigenvalue weighted by Gasteiger charge is 2.25. The van der Waals surface area contributed by atoms with E-state index in [1.54, 1.807) is 0 Å². The molecule has 0 aliphatic carbocycles. The maximum absolute atomic E-state index is 5.64. The minimum Gasteiger partial charge on any atom is 0 e. The zero-order valence-electron chi connectivity index (χ0n) is 6.93. The van der Waals surface area contributed by atoms with E-state index in [4.69, 9.17) is 38.7 Å². The van der Waals surface area contributed by atoms with E-state index in [1.165, 1.54) is 28.2 Å². The lowest BCUT2D eigenvalue weighted by atomic mass is 8.57. The van der Waals surface area contributed by atoms with Gasteiger partial charge in [-0.25, -0.2) is 0 Å². The number of rotatable bonds is 6. The van der Waals surface area contributed by atoms with Crippen LogP contribution >= 0.6 is 0 Å². The first kappa shape index (κ1) is 12.8. The third-order valence-electron chi connectivity index (χ3n) is 1.78. The van der Waals surface area contributed by atoms with Gasteiger partial charge in [0.15, 0.2) is 0 Å². The Labute approximate surface area is 86.4 Å². The topological polar surface area (TPSA) is 0 Å². The van der Waals surface area contributed by atoms with Gasteiger partial charge in [-0.1, -0.05) is 0 Å². The van der Waals surface area contributed by atoms with Gasteiger partial charge in [0.05, 0.1) is 0 Å². The van der Waals surface area contributed by atoms with Crippen LogP contribution in [0.3, 0.4) is 0 Å². The molecular weight excluding hydrogens is 130 g/mol. The maximum atomic E-state index is 5.64. The Balaban J connectivity index is 4.09. The molecule has 0 aromatic heterocycles. The van der Waals surface area contributed by atoms with Gasteiger partial charge in [-0.2, -0.15) is 0 Å². The van der Waals surface area contributed by atoms with Gasteiger partial charge in [-0.05, 0) is 0 Å². The monoisotopic (exact) mass is 132 g/mol. The highest BCUT2D eigenvalue weighted by molar-refractivity contribution is 8.00. The molecule has 14 radical (unpaired) electrons. The average molecular weight is 130 g/mol. The molecule has 0 aromatic rings. The molecule has 0 spiro atoms. The molecule has 0 heterocycles. The summed E-state index contributed by atoms with van der Waals surface area (Å²) in [6.07, 6.45) is -0.630. The zero-order valence-corrected chi connectivity index (χ0v) is 6.93. The highest BCUT2D eigenvalue weighted by Crippen LogP contribution is 1.87. The van der Waals surface area contributed by atoms with Crippen LogP contribution in [-0.2, 0) is 0 Å². The van der Waals surface area contributed by atoms with Crippen molar-refractivity contribution in [3.8, 4) is 0 Å².